The first-order chi connectivity index (χ1) is 9.41. The van der Waals surface area contributed by atoms with Crippen molar-refractivity contribution < 1.29 is 14.7 Å². The van der Waals surface area contributed by atoms with Crippen LogP contribution in [0.1, 0.15) is 20.3 Å². The van der Waals surface area contributed by atoms with Gasteiger partial charge in [-0.15, -0.1) is 11.8 Å². The van der Waals surface area contributed by atoms with Crippen LogP contribution >= 0.6 is 23.4 Å². The number of carboxylic acid groups (broad SMARTS) is 1. The topological polar surface area (TPSA) is 66.4 Å². The first-order valence-corrected chi connectivity index (χ1v) is 7.67. The van der Waals surface area contributed by atoms with Crippen LogP contribution in [0, 0.1) is 5.92 Å². The fourth-order valence-electron chi connectivity index (χ4n) is 1.57. The maximum atomic E-state index is 11.7. The third kappa shape index (κ3) is 5.43. The lowest BCUT2D eigenvalue weighted by Gasteiger charge is -2.17. The summed E-state index contributed by atoms with van der Waals surface area (Å²) in [7, 11) is 0. The Labute approximate surface area is 127 Å². The minimum absolute atomic E-state index is 0.146. The molecular formula is C14H18ClNO3S. The lowest BCUT2D eigenvalue weighted by atomic mass is 10.0. The summed E-state index contributed by atoms with van der Waals surface area (Å²) in [5, 5.41) is 12.2. The summed E-state index contributed by atoms with van der Waals surface area (Å²) in [6, 6.07) is 6.57. The molecule has 110 valence electrons. The van der Waals surface area contributed by atoms with E-state index < -0.39 is 12.0 Å². The Morgan fingerprint density at radius 2 is 2.00 bits per heavy atom. The Hall–Kier alpha value is -1.20. The number of carbonyl (C=O) groups is 2. The quantitative estimate of drug-likeness (QED) is 0.759. The zero-order valence-corrected chi connectivity index (χ0v) is 13.0. The van der Waals surface area contributed by atoms with Crippen molar-refractivity contribution >= 4 is 35.2 Å². The first kappa shape index (κ1) is 16.9. The van der Waals surface area contributed by atoms with E-state index in [9.17, 15) is 9.59 Å². The predicted octanol–water partition coefficient (Wildman–Crippen LogP) is 3.05. The first-order valence-electron chi connectivity index (χ1n) is 6.31. The molecule has 0 radical (unpaired) electrons. The Balaban J connectivity index is 2.40. The molecule has 0 aromatic heterocycles. The number of halogens is 1. The Bertz CT molecular complexity index is 479. The molecule has 1 atom stereocenters. The average molecular weight is 316 g/mol. The third-order valence-corrected chi connectivity index (χ3v) is 4.19. The molecule has 0 spiro atoms. The summed E-state index contributed by atoms with van der Waals surface area (Å²) in [5.41, 5.74) is 0. The van der Waals surface area contributed by atoms with Gasteiger partial charge in [0.1, 0.15) is 6.04 Å². The van der Waals surface area contributed by atoms with Gasteiger partial charge >= 0.3 is 5.97 Å². The molecule has 1 aromatic rings. The Kier molecular flexibility index (Phi) is 6.88. The molecule has 0 aliphatic rings. The normalized spacial score (nSPS) is 12.2. The number of rotatable bonds is 7. The highest BCUT2D eigenvalue weighted by Gasteiger charge is 2.22. The van der Waals surface area contributed by atoms with Crippen molar-refractivity contribution in [2.75, 3.05) is 5.75 Å². The third-order valence-electron chi connectivity index (χ3n) is 2.67. The van der Waals surface area contributed by atoms with Crippen molar-refractivity contribution in [1.29, 1.82) is 0 Å². The molecule has 0 fully saturated rings. The number of hydrogen-bond donors (Lipinski definition) is 2. The number of carboxylic acids is 1. The average Bonchev–Trinajstić information content (AvgIpc) is 2.37. The summed E-state index contributed by atoms with van der Waals surface area (Å²) in [5.74, 6) is -0.856. The van der Waals surface area contributed by atoms with Gasteiger partial charge in [-0.1, -0.05) is 37.6 Å². The second-order valence-corrected chi connectivity index (χ2v) is 6.20. The molecular weight excluding hydrogens is 298 g/mol. The zero-order chi connectivity index (χ0) is 15.1. The van der Waals surface area contributed by atoms with Crippen LogP contribution in [0.3, 0.4) is 0 Å². The second kappa shape index (κ2) is 8.17. The number of nitrogens with one attached hydrogen (secondary N) is 1. The number of carbonyl (C=O) groups excluding carboxylic acids is 1. The molecule has 2 N–H and O–H groups in total. The monoisotopic (exact) mass is 315 g/mol. The number of thioether (sulfide) groups is 1. The van der Waals surface area contributed by atoms with Gasteiger partial charge < -0.3 is 10.4 Å². The van der Waals surface area contributed by atoms with Gasteiger partial charge in [0.2, 0.25) is 5.91 Å². The van der Waals surface area contributed by atoms with Crippen LogP contribution in [0.2, 0.25) is 5.02 Å². The van der Waals surface area contributed by atoms with E-state index >= 15 is 0 Å². The molecule has 1 aromatic carbocycles. The fourth-order valence-corrected chi connectivity index (χ4v) is 2.76. The standard InChI is InChI=1S/C14H18ClNO3S/c1-9(2)13(14(18)19)16-12(17)7-8-20-11-6-4-3-5-10(11)15/h3-6,9,13H,7-8H2,1-2H3,(H,16,17)(H,18,19)/t13-/m0/s1. The highest BCUT2D eigenvalue weighted by Crippen LogP contribution is 2.26. The molecule has 1 rings (SSSR count). The smallest absolute Gasteiger partial charge is 0.326 e. The van der Waals surface area contributed by atoms with E-state index in [1.807, 2.05) is 18.2 Å². The molecule has 0 heterocycles. The van der Waals surface area contributed by atoms with Gasteiger partial charge in [-0.2, -0.15) is 0 Å². The Morgan fingerprint density at radius 3 is 2.55 bits per heavy atom. The molecule has 0 saturated heterocycles. The molecule has 0 aliphatic heterocycles. The van der Waals surface area contributed by atoms with Gasteiger partial charge in [0.25, 0.3) is 0 Å². The summed E-state index contributed by atoms with van der Waals surface area (Å²) < 4.78 is 0. The van der Waals surface area contributed by atoms with Crippen molar-refractivity contribution in [2.45, 2.75) is 31.2 Å². The van der Waals surface area contributed by atoms with Crippen molar-refractivity contribution in [3.8, 4) is 0 Å². The van der Waals surface area contributed by atoms with Gasteiger partial charge in [-0.05, 0) is 18.1 Å². The molecule has 0 saturated carbocycles. The van der Waals surface area contributed by atoms with Crippen molar-refractivity contribution in [3.05, 3.63) is 29.3 Å². The SMILES string of the molecule is CC(C)[C@H](NC(=O)CCSc1ccccc1Cl)C(=O)O. The molecule has 0 aliphatic carbocycles. The van der Waals surface area contributed by atoms with Crippen LogP contribution in [0.4, 0.5) is 0 Å². The Morgan fingerprint density at radius 1 is 1.35 bits per heavy atom. The van der Waals surface area contributed by atoms with Gasteiger partial charge in [-0.25, -0.2) is 4.79 Å². The molecule has 0 bridgehead atoms. The predicted molar refractivity (Wildman–Crippen MR) is 81.2 cm³/mol. The van der Waals surface area contributed by atoms with Crippen LogP contribution in [-0.4, -0.2) is 28.8 Å². The van der Waals surface area contributed by atoms with Crippen molar-refractivity contribution in [3.63, 3.8) is 0 Å². The minimum Gasteiger partial charge on any atom is -0.480 e. The van der Waals surface area contributed by atoms with Crippen LogP contribution in [0.5, 0.6) is 0 Å². The van der Waals surface area contributed by atoms with E-state index in [4.69, 9.17) is 16.7 Å². The number of benzene rings is 1. The van der Waals surface area contributed by atoms with Gasteiger partial charge in [0.05, 0.1) is 5.02 Å². The molecule has 1 amide bonds. The second-order valence-electron chi connectivity index (χ2n) is 4.66. The van der Waals surface area contributed by atoms with Gasteiger partial charge in [-0.3, -0.25) is 4.79 Å². The van der Waals surface area contributed by atoms with Crippen LogP contribution in [-0.2, 0) is 9.59 Å². The van der Waals surface area contributed by atoms with Crippen molar-refractivity contribution in [1.82, 2.24) is 5.32 Å². The van der Waals surface area contributed by atoms with Crippen molar-refractivity contribution in [2.24, 2.45) is 5.92 Å². The van der Waals surface area contributed by atoms with Gasteiger partial charge in [0, 0.05) is 17.1 Å². The highest BCUT2D eigenvalue weighted by atomic mass is 35.5. The maximum absolute atomic E-state index is 11.7. The van der Waals surface area contributed by atoms with Crippen LogP contribution in [0.15, 0.2) is 29.2 Å². The number of hydrogen-bond acceptors (Lipinski definition) is 3. The lowest BCUT2D eigenvalue weighted by molar-refractivity contribution is -0.143. The van der Waals surface area contributed by atoms with E-state index in [1.54, 1.807) is 19.9 Å². The highest BCUT2D eigenvalue weighted by molar-refractivity contribution is 7.99. The minimum atomic E-state index is -1.01. The van der Waals surface area contributed by atoms with E-state index in [-0.39, 0.29) is 18.2 Å². The van der Waals surface area contributed by atoms with Crippen LogP contribution < -0.4 is 5.32 Å². The van der Waals surface area contributed by atoms with Gasteiger partial charge in [0.15, 0.2) is 0 Å². The lowest BCUT2D eigenvalue weighted by Crippen LogP contribution is -2.44. The van der Waals surface area contributed by atoms with E-state index in [1.165, 1.54) is 11.8 Å². The summed E-state index contributed by atoms with van der Waals surface area (Å²) in [4.78, 5) is 23.6. The van der Waals surface area contributed by atoms with E-state index in [0.29, 0.717) is 10.8 Å². The maximum Gasteiger partial charge on any atom is 0.326 e. The zero-order valence-electron chi connectivity index (χ0n) is 11.4. The van der Waals surface area contributed by atoms with E-state index in [0.717, 1.165) is 4.90 Å². The number of amides is 1. The largest absolute Gasteiger partial charge is 0.480 e. The molecule has 20 heavy (non-hydrogen) atoms. The van der Waals surface area contributed by atoms with Crippen LogP contribution in [0.25, 0.3) is 0 Å². The fraction of sp³-hybridized carbons (Fsp3) is 0.429. The summed E-state index contributed by atoms with van der Waals surface area (Å²) >= 11 is 7.49. The van der Waals surface area contributed by atoms with E-state index in [2.05, 4.69) is 5.32 Å². The summed E-state index contributed by atoms with van der Waals surface area (Å²) in [6.45, 7) is 3.52. The summed E-state index contributed by atoms with van der Waals surface area (Å²) in [6.07, 6.45) is 0.256. The molecule has 6 heteroatoms. The number of aliphatic carboxylic acids is 1. The molecule has 0 unspecified atom stereocenters. The molecule has 4 nitrogen and oxygen atoms in total.